The van der Waals surface area contributed by atoms with Gasteiger partial charge in [-0.25, -0.2) is 0 Å². The molecule has 1 N–H and O–H groups in total. The van der Waals surface area contributed by atoms with E-state index in [-0.39, 0.29) is 18.6 Å². The zero-order valence-electron chi connectivity index (χ0n) is 13.8. The van der Waals surface area contributed by atoms with Crippen molar-refractivity contribution in [2.24, 2.45) is 0 Å². The van der Waals surface area contributed by atoms with E-state index in [0.717, 1.165) is 17.7 Å². The first-order chi connectivity index (χ1) is 11.7. The topological polar surface area (TPSA) is 56.8 Å². The van der Waals surface area contributed by atoms with Gasteiger partial charge in [0, 0.05) is 0 Å². The molecule has 2 aromatic rings. The summed E-state index contributed by atoms with van der Waals surface area (Å²) in [6, 6.07) is 15.0. The molecule has 3 rings (SSSR count). The largest absolute Gasteiger partial charge is 0.497 e. The highest BCUT2D eigenvalue weighted by Crippen LogP contribution is 2.31. The maximum absolute atomic E-state index is 12.5. The van der Waals surface area contributed by atoms with Crippen molar-refractivity contribution >= 4 is 5.91 Å². The van der Waals surface area contributed by atoms with Gasteiger partial charge in [0.1, 0.15) is 12.4 Å². The van der Waals surface area contributed by atoms with Crippen LogP contribution in [0.2, 0.25) is 0 Å². The Kier molecular flexibility index (Phi) is 4.89. The van der Waals surface area contributed by atoms with Gasteiger partial charge in [-0.15, -0.1) is 0 Å². The average Bonchev–Trinajstić information content (AvgIpc) is 2.65. The molecule has 0 saturated heterocycles. The summed E-state index contributed by atoms with van der Waals surface area (Å²) in [6.45, 7) is 2.24. The number of carbonyl (C=O) groups excluding carboxylic acids is 1. The van der Waals surface area contributed by atoms with Crippen molar-refractivity contribution < 1.29 is 19.0 Å². The van der Waals surface area contributed by atoms with Crippen molar-refractivity contribution in [1.82, 2.24) is 5.32 Å². The van der Waals surface area contributed by atoms with E-state index in [2.05, 4.69) is 5.32 Å². The Morgan fingerprint density at radius 1 is 1.21 bits per heavy atom. The van der Waals surface area contributed by atoms with Crippen molar-refractivity contribution in [2.75, 3.05) is 13.7 Å². The summed E-state index contributed by atoms with van der Waals surface area (Å²) in [5, 5.41) is 3.04. The third kappa shape index (κ3) is 3.45. The second-order valence-electron chi connectivity index (χ2n) is 5.61. The second-order valence-corrected chi connectivity index (χ2v) is 5.61. The monoisotopic (exact) mass is 327 g/mol. The molecule has 0 aliphatic carbocycles. The lowest BCUT2D eigenvalue weighted by Crippen LogP contribution is -2.45. The van der Waals surface area contributed by atoms with Gasteiger partial charge < -0.3 is 19.5 Å². The number of amides is 1. The number of ether oxygens (including phenoxy) is 3. The maximum Gasteiger partial charge on any atom is 0.265 e. The Hall–Kier alpha value is -2.69. The number of rotatable bonds is 5. The molecule has 0 saturated carbocycles. The molecule has 0 spiro atoms. The Bertz CT molecular complexity index is 699. The molecule has 2 atom stereocenters. The van der Waals surface area contributed by atoms with E-state index in [1.807, 2.05) is 49.4 Å². The van der Waals surface area contributed by atoms with Gasteiger partial charge in [0.2, 0.25) is 6.10 Å². The zero-order valence-corrected chi connectivity index (χ0v) is 13.8. The summed E-state index contributed by atoms with van der Waals surface area (Å²) < 4.78 is 16.5. The van der Waals surface area contributed by atoms with Crippen molar-refractivity contribution in [3.63, 3.8) is 0 Å². The summed E-state index contributed by atoms with van der Waals surface area (Å²) in [5.74, 6) is 1.89. The average molecular weight is 327 g/mol. The van der Waals surface area contributed by atoms with E-state index in [9.17, 15) is 4.79 Å². The van der Waals surface area contributed by atoms with Crippen LogP contribution in [0.4, 0.5) is 0 Å². The molecule has 0 unspecified atom stereocenters. The van der Waals surface area contributed by atoms with E-state index in [1.54, 1.807) is 13.2 Å². The normalized spacial score (nSPS) is 17.0. The SMILES string of the molecule is CC[C@@H](NC(=O)[C@@H]1COc2ccccc2O1)c1ccc(OC)cc1. The molecule has 5 heteroatoms. The van der Waals surface area contributed by atoms with Gasteiger partial charge >= 0.3 is 0 Å². The Labute approximate surface area is 141 Å². The Balaban J connectivity index is 1.66. The minimum atomic E-state index is -0.646. The highest BCUT2D eigenvalue weighted by Gasteiger charge is 2.28. The second kappa shape index (κ2) is 7.25. The van der Waals surface area contributed by atoms with Crippen LogP contribution in [0, 0.1) is 0 Å². The molecular weight excluding hydrogens is 306 g/mol. The summed E-state index contributed by atoms with van der Waals surface area (Å²) >= 11 is 0. The number of fused-ring (bicyclic) bond motifs is 1. The molecule has 2 aromatic carbocycles. The van der Waals surface area contributed by atoms with E-state index in [4.69, 9.17) is 14.2 Å². The molecule has 0 fully saturated rings. The molecule has 0 radical (unpaired) electrons. The number of hydrogen-bond acceptors (Lipinski definition) is 4. The van der Waals surface area contributed by atoms with Crippen LogP contribution in [-0.4, -0.2) is 25.7 Å². The smallest absolute Gasteiger partial charge is 0.265 e. The predicted octanol–water partition coefficient (Wildman–Crippen LogP) is 3.10. The molecule has 126 valence electrons. The molecule has 1 heterocycles. The molecule has 1 aliphatic rings. The lowest BCUT2D eigenvalue weighted by molar-refractivity contribution is -0.131. The molecule has 5 nitrogen and oxygen atoms in total. The third-order valence-corrected chi connectivity index (χ3v) is 4.04. The minimum absolute atomic E-state index is 0.0795. The van der Waals surface area contributed by atoms with E-state index in [0.29, 0.717) is 11.5 Å². The van der Waals surface area contributed by atoms with Crippen molar-refractivity contribution in [3.8, 4) is 17.2 Å². The van der Waals surface area contributed by atoms with Gasteiger partial charge in [0.15, 0.2) is 11.5 Å². The molecule has 1 aliphatic heterocycles. The fraction of sp³-hybridized carbons (Fsp3) is 0.316. The standard InChI is InChI=1S/C19H21NO4/c1-3-15(13-8-10-14(22-2)11-9-13)20-19(21)18-12-23-16-6-4-5-7-17(16)24-18/h4-11,15,18H,3,12H2,1-2H3,(H,20,21)/t15-,18+/m1/s1. The van der Waals surface area contributed by atoms with Crippen LogP contribution in [0.3, 0.4) is 0 Å². The summed E-state index contributed by atoms with van der Waals surface area (Å²) in [4.78, 5) is 12.5. The number of methoxy groups -OCH3 is 1. The maximum atomic E-state index is 12.5. The number of benzene rings is 2. The summed E-state index contributed by atoms with van der Waals surface area (Å²) in [7, 11) is 1.63. The van der Waals surface area contributed by atoms with E-state index >= 15 is 0 Å². The van der Waals surface area contributed by atoms with Gasteiger partial charge in [-0.3, -0.25) is 4.79 Å². The quantitative estimate of drug-likeness (QED) is 0.917. The van der Waals surface area contributed by atoms with Crippen LogP contribution in [0.25, 0.3) is 0 Å². The highest BCUT2D eigenvalue weighted by molar-refractivity contribution is 5.82. The summed E-state index contributed by atoms with van der Waals surface area (Å²) in [5.41, 5.74) is 1.03. The van der Waals surface area contributed by atoms with E-state index in [1.165, 1.54) is 0 Å². The van der Waals surface area contributed by atoms with Gasteiger partial charge in [-0.2, -0.15) is 0 Å². The molecule has 0 bridgehead atoms. The Morgan fingerprint density at radius 2 is 1.92 bits per heavy atom. The number of para-hydroxylation sites is 2. The van der Waals surface area contributed by atoms with Crippen LogP contribution in [0.1, 0.15) is 24.9 Å². The zero-order chi connectivity index (χ0) is 16.9. The van der Waals surface area contributed by atoms with Crippen LogP contribution in [0.15, 0.2) is 48.5 Å². The minimum Gasteiger partial charge on any atom is -0.497 e. The fourth-order valence-electron chi connectivity index (χ4n) is 2.67. The van der Waals surface area contributed by atoms with Crippen molar-refractivity contribution in [1.29, 1.82) is 0 Å². The number of hydrogen-bond donors (Lipinski definition) is 1. The molecular formula is C19H21NO4. The van der Waals surface area contributed by atoms with Crippen LogP contribution >= 0.6 is 0 Å². The van der Waals surface area contributed by atoms with Gasteiger partial charge in [0.05, 0.1) is 13.2 Å². The number of nitrogens with one attached hydrogen (secondary N) is 1. The van der Waals surface area contributed by atoms with Crippen LogP contribution in [0.5, 0.6) is 17.2 Å². The predicted molar refractivity (Wildman–Crippen MR) is 90.5 cm³/mol. The first-order valence-electron chi connectivity index (χ1n) is 8.04. The van der Waals surface area contributed by atoms with Gasteiger partial charge in [-0.05, 0) is 36.2 Å². The van der Waals surface area contributed by atoms with Crippen LogP contribution in [-0.2, 0) is 4.79 Å². The van der Waals surface area contributed by atoms with Crippen molar-refractivity contribution in [2.45, 2.75) is 25.5 Å². The first-order valence-corrected chi connectivity index (χ1v) is 8.04. The lowest BCUT2D eigenvalue weighted by Gasteiger charge is -2.27. The fourth-order valence-corrected chi connectivity index (χ4v) is 2.67. The number of carbonyl (C=O) groups is 1. The lowest BCUT2D eigenvalue weighted by atomic mass is 10.0. The third-order valence-electron chi connectivity index (χ3n) is 4.04. The Morgan fingerprint density at radius 3 is 2.58 bits per heavy atom. The molecule has 1 amide bonds. The van der Waals surface area contributed by atoms with Crippen molar-refractivity contribution in [3.05, 3.63) is 54.1 Å². The summed E-state index contributed by atoms with van der Waals surface area (Å²) in [6.07, 6.45) is 0.134. The van der Waals surface area contributed by atoms with Gasteiger partial charge in [-0.1, -0.05) is 31.2 Å². The molecule has 0 aromatic heterocycles. The van der Waals surface area contributed by atoms with Gasteiger partial charge in [0.25, 0.3) is 5.91 Å². The first kappa shape index (κ1) is 16.2. The highest BCUT2D eigenvalue weighted by atomic mass is 16.6. The molecule has 24 heavy (non-hydrogen) atoms. The van der Waals surface area contributed by atoms with E-state index < -0.39 is 6.10 Å². The van der Waals surface area contributed by atoms with Crippen LogP contribution < -0.4 is 19.5 Å².